The van der Waals surface area contributed by atoms with Crippen LogP contribution in [0, 0.1) is 89.5 Å². The first-order valence-electron chi connectivity index (χ1n) is 16.9. The van der Waals surface area contributed by atoms with Gasteiger partial charge in [0.15, 0.2) is 17.1 Å². The SMILES string of the molecule is [C-]#[N+]C1=C(c2ccc([N+]#[C-])cc2)/C(=C(/C#N)c2cc([N+]#[C-])cc([N+]#[C-])c2)c2cc3c(cc21)C(C#N)=C(c1ccc(C#N)cc1)/C3=C(/[N+]#[C-])c1cc(C#N)cc(C#N)c1. The fourth-order valence-electron chi connectivity index (χ4n) is 7.21. The molecule has 0 atom stereocenters. The van der Waals surface area contributed by atoms with Gasteiger partial charge in [-0.3, -0.25) is 0 Å². The third-order valence-electron chi connectivity index (χ3n) is 9.64. The van der Waals surface area contributed by atoms with E-state index in [0.29, 0.717) is 61.4 Å². The highest BCUT2D eigenvalue weighted by Gasteiger charge is 2.37. The number of allylic oxidation sites excluding steroid dienone is 6. The highest BCUT2D eigenvalue weighted by atomic mass is 14.7. The number of benzene rings is 5. The van der Waals surface area contributed by atoms with E-state index in [-0.39, 0.29) is 61.7 Å². The van der Waals surface area contributed by atoms with E-state index in [0.717, 1.165) is 0 Å². The van der Waals surface area contributed by atoms with Crippen molar-refractivity contribution >= 4 is 61.9 Å². The van der Waals surface area contributed by atoms with E-state index in [4.69, 9.17) is 32.9 Å². The zero-order valence-electron chi connectivity index (χ0n) is 29.7. The van der Waals surface area contributed by atoms with Gasteiger partial charge in [-0.2, -0.15) is 26.3 Å². The summed E-state index contributed by atoms with van der Waals surface area (Å²) in [5.74, 6) is 0. The zero-order valence-corrected chi connectivity index (χ0v) is 29.7. The summed E-state index contributed by atoms with van der Waals surface area (Å²) in [5.41, 5.74) is 5.93. The minimum absolute atomic E-state index is 0.0169. The van der Waals surface area contributed by atoms with E-state index in [2.05, 4.69) is 42.4 Å². The van der Waals surface area contributed by atoms with Crippen LogP contribution < -0.4 is 0 Å². The van der Waals surface area contributed by atoms with Gasteiger partial charge in [-0.1, -0.05) is 60.7 Å². The van der Waals surface area contributed by atoms with Crippen molar-refractivity contribution in [2.75, 3.05) is 0 Å². The van der Waals surface area contributed by atoms with Crippen LogP contribution in [0.3, 0.4) is 0 Å². The second-order valence-corrected chi connectivity index (χ2v) is 12.7. The third kappa shape index (κ3) is 5.86. The molecule has 5 aromatic rings. The van der Waals surface area contributed by atoms with Crippen LogP contribution in [0.25, 0.3) is 69.1 Å². The second kappa shape index (κ2) is 14.8. The maximum Gasteiger partial charge on any atom is 0.203 e. The molecule has 58 heavy (non-hydrogen) atoms. The van der Waals surface area contributed by atoms with Crippen LogP contribution in [-0.2, 0) is 0 Å². The van der Waals surface area contributed by atoms with Gasteiger partial charge in [0.25, 0.3) is 0 Å². The Kier molecular flexibility index (Phi) is 9.25. The van der Waals surface area contributed by atoms with Crippen molar-refractivity contribution < 1.29 is 0 Å². The van der Waals surface area contributed by atoms with Gasteiger partial charge in [0.1, 0.15) is 12.1 Å². The Morgan fingerprint density at radius 2 is 1.00 bits per heavy atom. The average molecular weight is 733 g/mol. The molecule has 0 saturated carbocycles. The van der Waals surface area contributed by atoms with E-state index >= 15 is 0 Å². The van der Waals surface area contributed by atoms with Crippen molar-refractivity contribution in [3.05, 3.63) is 215 Å². The van der Waals surface area contributed by atoms with Gasteiger partial charge < -0.3 is 0 Å². The summed E-state index contributed by atoms with van der Waals surface area (Å²) in [7, 11) is 0. The lowest BCUT2D eigenvalue weighted by Gasteiger charge is -2.16. The smallest absolute Gasteiger partial charge is 0.203 e. The van der Waals surface area contributed by atoms with Gasteiger partial charge in [-0.15, -0.1) is 0 Å². The van der Waals surface area contributed by atoms with Gasteiger partial charge in [0.05, 0.1) is 78.9 Å². The molecular formula is C48H16N10. The summed E-state index contributed by atoms with van der Waals surface area (Å²) in [6, 6.07) is 35.9. The molecule has 0 unspecified atom stereocenters. The molecule has 10 heteroatoms. The molecule has 0 radical (unpaired) electrons. The van der Waals surface area contributed by atoms with E-state index in [1.807, 2.05) is 12.1 Å². The zero-order chi connectivity index (χ0) is 41.1. The number of hydrogen-bond acceptors (Lipinski definition) is 5. The summed E-state index contributed by atoms with van der Waals surface area (Å²) in [4.78, 5) is 18.4. The number of nitriles is 5. The Morgan fingerprint density at radius 1 is 0.448 bits per heavy atom. The monoisotopic (exact) mass is 732 g/mol. The Labute approximate surface area is 332 Å². The van der Waals surface area contributed by atoms with E-state index in [1.54, 1.807) is 60.7 Å². The lowest BCUT2D eigenvalue weighted by Crippen LogP contribution is -1.97. The maximum atomic E-state index is 11.0. The molecule has 7 rings (SSSR count). The van der Waals surface area contributed by atoms with Gasteiger partial charge in [-0.25, -0.2) is 24.2 Å². The minimum atomic E-state index is 0.0169. The Bertz CT molecular complexity index is 3020. The predicted octanol–water partition coefficient (Wildman–Crippen LogP) is 11.4. The van der Waals surface area contributed by atoms with E-state index < -0.39 is 0 Å². The topological polar surface area (TPSA) is 141 Å². The highest BCUT2D eigenvalue weighted by molar-refractivity contribution is 6.33. The molecule has 2 aliphatic rings. The minimum Gasteiger partial charge on any atom is -0.239 e. The van der Waals surface area contributed by atoms with Crippen LogP contribution in [0.1, 0.15) is 61.2 Å². The van der Waals surface area contributed by atoms with Crippen molar-refractivity contribution in [3.8, 4) is 30.3 Å². The summed E-state index contributed by atoms with van der Waals surface area (Å²) in [6.45, 7) is 39.8. The maximum absolute atomic E-state index is 11.0. The molecule has 0 spiro atoms. The number of rotatable bonds is 4. The van der Waals surface area contributed by atoms with Crippen molar-refractivity contribution in [1.29, 1.82) is 26.3 Å². The molecule has 0 saturated heterocycles. The fraction of sp³-hybridized carbons (Fsp3) is 0. The van der Waals surface area contributed by atoms with Crippen molar-refractivity contribution in [3.63, 3.8) is 0 Å². The number of hydrogen-bond donors (Lipinski definition) is 0. The average Bonchev–Trinajstić information content (AvgIpc) is 3.77. The summed E-state index contributed by atoms with van der Waals surface area (Å²) in [6.07, 6.45) is 0. The predicted molar refractivity (Wildman–Crippen MR) is 217 cm³/mol. The van der Waals surface area contributed by atoms with Crippen LogP contribution in [0.2, 0.25) is 0 Å². The lowest BCUT2D eigenvalue weighted by atomic mass is 9.87. The van der Waals surface area contributed by atoms with Crippen LogP contribution in [0.5, 0.6) is 0 Å². The molecule has 0 fully saturated rings. The Hall–Kier alpha value is -10.0. The van der Waals surface area contributed by atoms with Gasteiger partial charge >= 0.3 is 0 Å². The third-order valence-corrected chi connectivity index (χ3v) is 9.64. The normalized spacial score (nSPS) is 13.6. The van der Waals surface area contributed by atoms with Crippen molar-refractivity contribution in [2.45, 2.75) is 0 Å². The first-order valence-corrected chi connectivity index (χ1v) is 16.9. The molecule has 0 bridgehead atoms. The largest absolute Gasteiger partial charge is 0.239 e. The van der Waals surface area contributed by atoms with Gasteiger partial charge in [0.2, 0.25) is 11.4 Å². The van der Waals surface area contributed by atoms with E-state index in [1.165, 1.54) is 36.4 Å². The summed E-state index contributed by atoms with van der Waals surface area (Å²) < 4.78 is 0. The molecule has 0 aliphatic heterocycles. The van der Waals surface area contributed by atoms with Gasteiger partial charge in [-0.05, 0) is 103 Å². The molecule has 0 N–H and O–H groups in total. The fourth-order valence-corrected chi connectivity index (χ4v) is 7.21. The molecule has 10 nitrogen and oxygen atoms in total. The highest BCUT2D eigenvalue weighted by Crippen LogP contribution is 2.56. The standard InChI is InChI=1S/C48H16N10/c1-54-34-12-10-31(11-13-34)44-45(41(25-52)32-17-35(55-2)19-36(18-32)56-3)39-21-38-37(20-40(39)48(44)58-5)42(26-53)43(30-8-6-27(22-49)7-9-30)46(38)47(57-4)33-15-28(23-50)14-29(16-33)24-51/h6-21H/b45-41-,47-46+. The second-order valence-electron chi connectivity index (χ2n) is 12.7. The van der Waals surface area contributed by atoms with Crippen LogP contribution in [0.15, 0.2) is 97.1 Å². The Morgan fingerprint density at radius 3 is 1.52 bits per heavy atom. The first-order chi connectivity index (χ1) is 28.3. The molecule has 258 valence electrons. The Balaban J connectivity index is 1.66. The quantitative estimate of drug-likeness (QED) is 0.134. The number of nitrogens with zero attached hydrogens (tertiary/aromatic N) is 10. The molecule has 2 aliphatic carbocycles. The lowest BCUT2D eigenvalue weighted by molar-refractivity contribution is 1.43. The molecule has 0 heterocycles. The van der Waals surface area contributed by atoms with Crippen LogP contribution in [-0.4, -0.2) is 0 Å². The number of fused-ring (bicyclic) bond motifs is 2. The summed E-state index contributed by atoms with van der Waals surface area (Å²) >= 11 is 0. The van der Waals surface area contributed by atoms with Crippen molar-refractivity contribution in [2.24, 2.45) is 0 Å². The molecular weight excluding hydrogens is 717 g/mol. The molecule has 0 aromatic heterocycles. The van der Waals surface area contributed by atoms with Crippen LogP contribution >= 0.6 is 0 Å². The molecule has 0 amide bonds. The van der Waals surface area contributed by atoms with Gasteiger partial charge in [0, 0.05) is 0 Å². The first kappa shape index (κ1) is 36.3. The van der Waals surface area contributed by atoms with E-state index in [9.17, 15) is 26.3 Å². The molecule has 5 aromatic carbocycles. The van der Waals surface area contributed by atoms with Crippen molar-refractivity contribution in [1.82, 2.24) is 0 Å². The van der Waals surface area contributed by atoms with Crippen LogP contribution in [0.4, 0.5) is 17.1 Å². The summed E-state index contributed by atoms with van der Waals surface area (Å²) in [5, 5.41) is 51.1.